The smallest absolute Gasteiger partial charge is 0.282 e. The van der Waals surface area contributed by atoms with Gasteiger partial charge in [-0.2, -0.15) is 5.10 Å². The molecule has 0 unspecified atom stereocenters. The van der Waals surface area contributed by atoms with Crippen LogP contribution in [0.2, 0.25) is 0 Å². The summed E-state index contributed by atoms with van der Waals surface area (Å²) in [4.78, 5) is 25.9. The fourth-order valence-electron chi connectivity index (χ4n) is 2.69. The number of hydrogen-bond donors (Lipinski definition) is 2. The number of amides is 1. The Hall–Kier alpha value is -3.88. The highest BCUT2D eigenvalue weighted by atomic mass is 16.7. The molecule has 0 fully saturated rings. The van der Waals surface area contributed by atoms with E-state index < -0.39 is 10.8 Å². The monoisotopic (exact) mass is 352 g/mol. The van der Waals surface area contributed by atoms with Gasteiger partial charge in [-0.1, -0.05) is 18.2 Å². The van der Waals surface area contributed by atoms with Crippen molar-refractivity contribution in [1.82, 2.24) is 10.4 Å². The van der Waals surface area contributed by atoms with Crippen molar-refractivity contribution in [3.63, 3.8) is 0 Å². The summed E-state index contributed by atoms with van der Waals surface area (Å²) in [6.45, 7) is 0.00435. The fraction of sp³-hybridized carbons (Fsp3) is 0.0588. The first kappa shape index (κ1) is 15.6. The lowest BCUT2D eigenvalue weighted by Crippen LogP contribution is -2.17. The first-order valence-corrected chi connectivity index (χ1v) is 7.61. The number of aromatic amines is 1. The molecule has 0 atom stereocenters. The van der Waals surface area contributed by atoms with Gasteiger partial charge in [0.05, 0.1) is 28.3 Å². The summed E-state index contributed by atoms with van der Waals surface area (Å²) in [7, 11) is 0. The van der Waals surface area contributed by atoms with E-state index in [0.29, 0.717) is 17.1 Å². The number of hydrazone groups is 1. The molecule has 0 bridgehead atoms. The second kappa shape index (κ2) is 6.20. The zero-order valence-electron chi connectivity index (χ0n) is 13.3. The van der Waals surface area contributed by atoms with Crippen molar-refractivity contribution in [2.75, 3.05) is 6.79 Å². The summed E-state index contributed by atoms with van der Waals surface area (Å²) >= 11 is 0. The van der Waals surface area contributed by atoms with Crippen LogP contribution in [0.4, 0.5) is 5.69 Å². The maximum Gasteiger partial charge on any atom is 0.282 e. The van der Waals surface area contributed by atoms with Crippen molar-refractivity contribution in [1.29, 1.82) is 0 Å². The average molecular weight is 352 g/mol. The average Bonchev–Trinajstić information content (AvgIpc) is 3.27. The number of nitrogens with one attached hydrogen (secondary N) is 2. The molecule has 3 aromatic rings. The highest BCUT2D eigenvalue weighted by Gasteiger charge is 2.22. The molecule has 9 heteroatoms. The van der Waals surface area contributed by atoms with Crippen molar-refractivity contribution in [2.24, 2.45) is 5.10 Å². The Morgan fingerprint density at radius 1 is 1.27 bits per heavy atom. The second-order valence-corrected chi connectivity index (χ2v) is 5.47. The van der Waals surface area contributed by atoms with Gasteiger partial charge in [0.15, 0.2) is 11.5 Å². The number of carbonyl (C=O) groups is 1. The summed E-state index contributed by atoms with van der Waals surface area (Å²) in [6, 6.07) is 10.1. The van der Waals surface area contributed by atoms with Gasteiger partial charge in [-0.05, 0) is 12.1 Å². The van der Waals surface area contributed by atoms with Crippen molar-refractivity contribution >= 4 is 28.7 Å². The van der Waals surface area contributed by atoms with Crippen LogP contribution in [0.5, 0.6) is 11.5 Å². The van der Waals surface area contributed by atoms with Gasteiger partial charge in [0.2, 0.25) is 6.79 Å². The minimum absolute atomic E-state index is 0.00435. The SMILES string of the molecule is O=C(N/N=C/c1cc2c(cc1[N+](=O)[O-])OCO2)c1c[nH]c2ccccc12. The third kappa shape index (κ3) is 2.71. The molecule has 0 saturated heterocycles. The molecule has 1 aromatic heterocycles. The lowest BCUT2D eigenvalue weighted by Gasteiger charge is -2.01. The van der Waals surface area contributed by atoms with Crippen LogP contribution in [0.3, 0.4) is 0 Å². The minimum Gasteiger partial charge on any atom is -0.454 e. The van der Waals surface area contributed by atoms with E-state index >= 15 is 0 Å². The van der Waals surface area contributed by atoms with Crippen LogP contribution in [0.1, 0.15) is 15.9 Å². The molecule has 26 heavy (non-hydrogen) atoms. The Labute approximate surface area is 146 Å². The van der Waals surface area contributed by atoms with E-state index in [1.54, 1.807) is 6.20 Å². The quantitative estimate of drug-likeness (QED) is 0.425. The molecule has 1 aliphatic heterocycles. The molecule has 9 nitrogen and oxygen atoms in total. The topological polar surface area (TPSA) is 119 Å². The third-order valence-corrected chi connectivity index (χ3v) is 3.92. The third-order valence-electron chi connectivity index (χ3n) is 3.92. The summed E-state index contributed by atoms with van der Waals surface area (Å²) < 4.78 is 10.3. The predicted molar refractivity (Wildman–Crippen MR) is 92.6 cm³/mol. The van der Waals surface area contributed by atoms with Crippen molar-refractivity contribution in [3.05, 3.63) is 63.8 Å². The molecule has 0 spiro atoms. The Balaban J connectivity index is 1.57. The Morgan fingerprint density at radius 3 is 2.85 bits per heavy atom. The number of hydrogen-bond acceptors (Lipinski definition) is 6. The normalized spacial score (nSPS) is 12.6. The number of nitro benzene ring substituents is 1. The number of aromatic nitrogens is 1. The van der Waals surface area contributed by atoms with Gasteiger partial charge in [-0.25, -0.2) is 5.43 Å². The van der Waals surface area contributed by atoms with Crippen LogP contribution < -0.4 is 14.9 Å². The highest BCUT2D eigenvalue weighted by molar-refractivity contribution is 6.06. The first-order valence-electron chi connectivity index (χ1n) is 7.61. The second-order valence-electron chi connectivity index (χ2n) is 5.47. The van der Waals surface area contributed by atoms with Gasteiger partial charge in [0.25, 0.3) is 11.6 Å². The van der Waals surface area contributed by atoms with Gasteiger partial charge in [0.1, 0.15) is 0 Å². The van der Waals surface area contributed by atoms with E-state index in [1.807, 2.05) is 24.3 Å². The molecular weight excluding hydrogens is 340 g/mol. The molecule has 4 rings (SSSR count). The fourth-order valence-corrected chi connectivity index (χ4v) is 2.69. The van der Waals surface area contributed by atoms with Gasteiger partial charge < -0.3 is 14.5 Å². The summed E-state index contributed by atoms with van der Waals surface area (Å²) in [6.07, 6.45) is 2.78. The van der Waals surface area contributed by atoms with Gasteiger partial charge in [0, 0.05) is 17.1 Å². The summed E-state index contributed by atoms with van der Waals surface area (Å²) in [5.74, 6) is 0.263. The van der Waals surface area contributed by atoms with Gasteiger partial charge >= 0.3 is 0 Å². The molecule has 1 aliphatic rings. The Kier molecular flexibility index (Phi) is 3.73. The van der Waals surface area contributed by atoms with E-state index in [1.165, 1.54) is 18.3 Å². The molecule has 1 amide bonds. The van der Waals surface area contributed by atoms with Crippen LogP contribution in [0.25, 0.3) is 10.9 Å². The molecule has 2 aromatic carbocycles. The van der Waals surface area contributed by atoms with Crippen LogP contribution in [-0.2, 0) is 0 Å². The molecule has 2 heterocycles. The van der Waals surface area contributed by atoms with Crippen LogP contribution >= 0.6 is 0 Å². The zero-order chi connectivity index (χ0) is 18.1. The lowest BCUT2D eigenvalue weighted by atomic mass is 10.1. The number of H-pyrrole nitrogens is 1. The molecule has 0 aliphatic carbocycles. The number of nitrogens with zero attached hydrogens (tertiary/aromatic N) is 2. The van der Waals surface area contributed by atoms with Crippen molar-refractivity contribution in [2.45, 2.75) is 0 Å². The van der Waals surface area contributed by atoms with E-state index in [-0.39, 0.29) is 18.0 Å². The minimum atomic E-state index is -0.551. The predicted octanol–water partition coefficient (Wildman–Crippen LogP) is 2.57. The van der Waals surface area contributed by atoms with E-state index in [9.17, 15) is 14.9 Å². The number of nitro groups is 1. The van der Waals surface area contributed by atoms with Crippen molar-refractivity contribution in [3.8, 4) is 11.5 Å². The number of benzene rings is 2. The molecular formula is C17H12N4O5. The number of fused-ring (bicyclic) bond motifs is 2. The van der Waals surface area contributed by atoms with E-state index in [2.05, 4.69) is 15.5 Å². The standard InChI is InChI=1S/C17H12N4O5/c22-17(12-8-18-13-4-2-1-3-11(12)13)20-19-7-10-5-15-16(26-9-25-15)6-14(10)21(23)24/h1-8,18H,9H2,(H,20,22)/b19-7+. The maximum absolute atomic E-state index is 12.3. The summed E-state index contributed by atoms with van der Waals surface area (Å²) in [5, 5.41) is 15.8. The van der Waals surface area contributed by atoms with Crippen LogP contribution in [-0.4, -0.2) is 28.8 Å². The van der Waals surface area contributed by atoms with Crippen LogP contribution in [0, 0.1) is 10.1 Å². The Bertz CT molecular complexity index is 1060. The molecule has 0 saturated carbocycles. The molecule has 2 N–H and O–H groups in total. The largest absolute Gasteiger partial charge is 0.454 e. The van der Waals surface area contributed by atoms with E-state index in [0.717, 1.165) is 10.9 Å². The zero-order valence-corrected chi connectivity index (χ0v) is 13.3. The number of para-hydroxylation sites is 1. The van der Waals surface area contributed by atoms with Gasteiger partial charge in [-0.15, -0.1) is 0 Å². The molecule has 0 radical (unpaired) electrons. The van der Waals surface area contributed by atoms with Crippen molar-refractivity contribution < 1.29 is 19.2 Å². The van der Waals surface area contributed by atoms with Crippen LogP contribution in [0.15, 0.2) is 47.7 Å². The Morgan fingerprint density at radius 2 is 2.04 bits per heavy atom. The first-order chi connectivity index (χ1) is 12.6. The summed E-state index contributed by atoms with van der Waals surface area (Å²) in [5.41, 5.74) is 3.63. The highest BCUT2D eigenvalue weighted by Crippen LogP contribution is 2.37. The molecule has 130 valence electrons. The maximum atomic E-state index is 12.3. The number of carbonyl (C=O) groups excluding carboxylic acids is 1. The number of ether oxygens (including phenoxy) is 2. The number of rotatable bonds is 4. The lowest BCUT2D eigenvalue weighted by molar-refractivity contribution is -0.385. The van der Waals surface area contributed by atoms with Gasteiger partial charge in [-0.3, -0.25) is 14.9 Å². The van der Waals surface area contributed by atoms with E-state index in [4.69, 9.17) is 9.47 Å².